The van der Waals surface area contributed by atoms with E-state index >= 15 is 0 Å². The lowest BCUT2D eigenvalue weighted by Gasteiger charge is -2.31. The SMILES string of the molecule is CC(=O)OCC1OC=CC(N=[N+]=[N-])C1OC(C)=O. The molecule has 8 heteroatoms. The highest BCUT2D eigenvalue weighted by atomic mass is 16.6. The Bertz CT molecular complexity index is 402. The number of carbonyl (C=O) groups excluding carboxylic acids is 2. The van der Waals surface area contributed by atoms with Gasteiger partial charge in [-0.1, -0.05) is 5.11 Å². The monoisotopic (exact) mass is 255 g/mol. The molecule has 0 fully saturated rings. The first-order valence-electron chi connectivity index (χ1n) is 5.21. The highest BCUT2D eigenvalue weighted by Gasteiger charge is 2.35. The molecule has 98 valence electrons. The van der Waals surface area contributed by atoms with Crippen LogP contribution in [0, 0.1) is 0 Å². The summed E-state index contributed by atoms with van der Waals surface area (Å²) in [5.41, 5.74) is 8.43. The predicted molar refractivity (Wildman–Crippen MR) is 59.1 cm³/mol. The first-order chi connectivity index (χ1) is 8.54. The van der Waals surface area contributed by atoms with E-state index in [9.17, 15) is 9.59 Å². The lowest BCUT2D eigenvalue weighted by atomic mass is 10.0. The van der Waals surface area contributed by atoms with Gasteiger partial charge in [-0.2, -0.15) is 0 Å². The third-order valence-corrected chi connectivity index (χ3v) is 2.17. The van der Waals surface area contributed by atoms with Crippen molar-refractivity contribution in [3.05, 3.63) is 22.8 Å². The van der Waals surface area contributed by atoms with Crippen molar-refractivity contribution in [2.24, 2.45) is 5.11 Å². The van der Waals surface area contributed by atoms with Gasteiger partial charge in [-0.25, -0.2) is 0 Å². The molecular formula is C10H13N3O5. The number of rotatable bonds is 4. The molecule has 0 bridgehead atoms. The van der Waals surface area contributed by atoms with Crippen LogP contribution in [0.5, 0.6) is 0 Å². The molecule has 0 N–H and O–H groups in total. The summed E-state index contributed by atoms with van der Waals surface area (Å²) in [6, 6.07) is -0.687. The van der Waals surface area contributed by atoms with Crippen molar-refractivity contribution in [3.8, 4) is 0 Å². The summed E-state index contributed by atoms with van der Waals surface area (Å²) in [6.07, 6.45) is 1.28. The van der Waals surface area contributed by atoms with Crippen LogP contribution in [0.4, 0.5) is 0 Å². The molecule has 0 aromatic carbocycles. The van der Waals surface area contributed by atoms with Crippen molar-refractivity contribution in [1.29, 1.82) is 0 Å². The number of hydrogen-bond acceptors (Lipinski definition) is 6. The standard InChI is InChI=1S/C10H13N3O5/c1-6(14)17-5-9-10(18-7(2)15)8(12-13-11)3-4-16-9/h3-4,8-10H,5H2,1-2H3. The molecule has 0 radical (unpaired) electrons. The summed E-state index contributed by atoms with van der Waals surface area (Å²) < 4.78 is 15.0. The molecular weight excluding hydrogens is 242 g/mol. The number of carbonyl (C=O) groups is 2. The smallest absolute Gasteiger partial charge is 0.303 e. The molecule has 0 aromatic heterocycles. The quantitative estimate of drug-likeness (QED) is 0.323. The van der Waals surface area contributed by atoms with Crippen LogP contribution < -0.4 is 0 Å². The second kappa shape index (κ2) is 6.51. The molecule has 1 aliphatic rings. The van der Waals surface area contributed by atoms with Crippen molar-refractivity contribution < 1.29 is 23.8 Å². The van der Waals surface area contributed by atoms with Gasteiger partial charge in [-0.05, 0) is 11.6 Å². The maximum absolute atomic E-state index is 11.0. The number of nitrogens with zero attached hydrogens (tertiary/aromatic N) is 3. The molecule has 1 aliphatic heterocycles. The van der Waals surface area contributed by atoms with Crippen LogP contribution in [-0.2, 0) is 23.8 Å². The van der Waals surface area contributed by atoms with Crippen molar-refractivity contribution in [1.82, 2.24) is 0 Å². The van der Waals surface area contributed by atoms with Crippen LogP contribution in [0.15, 0.2) is 17.5 Å². The van der Waals surface area contributed by atoms with Crippen molar-refractivity contribution in [3.63, 3.8) is 0 Å². The Hall–Kier alpha value is -2.21. The molecule has 0 saturated heterocycles. The molecule has 18 heavy (non-hydrogen) atoms. The third kappa shape index (κ3) is 3.99. The van der Waals surface area contributed by atoms with Gasteiger partial charge in [0.05, 0.1) is 12.3 Å². The van der Waals surface area contributed by atoms with E-state index in [1.807, 2.05) is 0 Å². The summed E-state index contributed by atoms with van der Waals surface area (Å²) in [5.74, 6) is -1.01. The maximum Gasteiger partial charge on any atom is 0.303 e. The van der Waals surface area contributed by atoms with E-state index < -0.39 is 30.2 Å². The molecule has 0 aliphatic carbocycles. The average Bonchev–Trinajstić information content (AvgIpc) is 2.29. The number of hydrogen-bond donors (Lipinski definition) is 0. The summed E-state index contributed by atoms with van der Waals surface area (Å²) in [6.45, 7) is 2.40. The zero-order valence-electron chi connectivity index (χ0n) is 9.98. The van der Waals surface area contributed by atoms with Gasteiger partial charge in [0, 0.05) is 18.8 Å². The molecule has 1 rings (SSSR count). The fourth-order valence-corrected chi connectivity index (χ4v) is 1.47. The van der Waals surface area contributed by atoms with E-state index in [1.54, 1.807) is 0 Å². The molecule has 0 saturated carbocycles. The largest absolute Gasteiger partial charge is 0.491 e. The van der Waals surface area contributed by atoms with Gasteiger partial charge < -0.3 is 14.2 Å². The van der Waals surface area contributed by atoms with Crippen molar-refractivity contribution in [2.45, 2.75) is 32.1 Å². The van der Waals surface area contributed by atoms with Gasteiger partial charge >= 0.3 is 11.9 Å². The van der Waals surface area contributed by atoms with Crippen LogP contribution >= 0.6 is 0 Å². The van der Waals surface area contributed by atoms with Crippen molar-refractivity contribution in [2.75, 3.05) is 6.61 Å². The number of esters is 2. The minimum atomic E-state index is -0.817. The fourth-order valence-electron chi connectivity index (χ4n) is 1.47. The zero-order chi connectivity index (χ0) is 13.5. The molecule has 0 spiro atoms. The number of azide groups is 1. The van der Waals surface area contributed by atoms with E-state index in [2.05, 4.69) is 10.0 Å². The van der Waals surface area contributed by atoms with E-state index in [0.29, 0.717) is 0 Å². The van der Waals surface area contributed by atoms with Gasteiger partial charge in [0.15, 0.2) is 12.2 Å². The van der Waals surface area contributed by atoms with Crippen LogP contribution in [0.25, 0.3) is 10.4 Å². The molecule has 0 aromatic rings. The fraction of sp³-hybridized carbons (Fsp3) is 0.600. The normalized spacial score (nSPS) is 25.6. The maximum atomic E-state index is 11.0. The average molecular weight is 255 g/mol. The Kier molecular flexibility index (Phi) is 5.01. The second-order valence-electron chi connectivity index (χ2n) is 3.58. The Balaban J connectivity index is 2.79. The topological polar surface area (TPSA) is 111 Å². The summed E-state index contributed by atoms with van der Waals surface area (Å²) >= 11 is 0. The summed E-state index contributed by atoms with van der Waals surface area (Å²) in [7, 11) is 0. The van der Waals surface area contributed by atoms with Gasteiger partial charge in [0.25, 0.3) is 0 Å². The minimum Gasteiger partial charge on any atom is -0.491 e. The van der Waals surface area contributed by atoms with E-state index in [-0.39, 0.29) is 6.61 Å². The Morgan fingerprint density at radius 3 is 2.72 bits per heavy atom. The first kappa shape index (κ1) is 13.9. The molecule has 0 amide bonds. The van der Waals surface area contributed by atoms with Crippen LogP contribution in [0.1, 0.15) is 13.8 Å². The van der Waals surface area contributed by atoms with Crippen LogP contribution in [0.3, 0.4) is 0 Å². The van der Waals surface area contributed by atoms with Crippen molar-refractivity contribution >= 4 is 11.9 Å². The lowest BCUT2D eigenvalue weighted by Crippen LogP contribution is -2.45. The highest BCUT2D eigenvalue weighted by Crippen LogP contribution is 2.19. The van der Waals surface area contributed by atoms with Gasteiger partial charge in [0.2, 0.25) is 0 Å². The van der Waals surface area contributed by atoms with Crippen LogP contribution in [0.2, 0.25) is 0 Å². The van der Waals surface area contributed by atoms with E-state index in [4.69, 9.17) is 19.7 Å². The first-order valence-corrected chi connectivity index (χ1v) is 5.21. The predicted octanol–water partition coefficient (Wildman–Crippen LogP) is 1.07. The highest BCUT2D eigenvalue weighted by molar-refractivity contribution is 5.66. The molecule has 3 atom stereocenters. The minimum absolute atomic E-state index is 0.0882. The van der Waals surface area contributed by atoms with E-state index in [0.717, 1.165) is 0 Å². The number of ether oxygens (including phenoxy) is 3. The Morgan fingerprint density at radius 1 is 1.44 bits per heavy atom. The summed E-state index contributed by atoms with van der Waals surface area (Å²) in [4.78, 5) is 24.4. The third-order valence-electron chi connectivity index (χ3n) is 2.17. The Morgan fingerprint density at radius 2 is 2.17 bits per heavy atom. The molecule has 8 nitrogen and oxygen atoms in total. The van der Waals surface area contributed by atoms with Gasteiger partial charge in [0.1, 0.15) is 6.61 Å². The van der Waals surface area contributed by atoms with E-state index in [1.165, 1.54) is 26.2 Å². The molecule has 1 heterocycles. The summed E-state index contributed by atoms with van der Waals surface area (Å²) in [5, 5.41) is 3.49. The van der Waals surface area contributed by atoms with Crippen LogP contribution in [-0.4, -0.2) is 36.8 Å². The lowest BCUT2D eigenvalue weighted by molar-refractivity contribution is -0.160. The zero-order valence-corrected chi connectivity index (χ0v) is 9.98. The van der Waals surface area contributed by atoms with Gasteiger partial charge in [-0.15, -0.1) is 0 Å². The second-order valence-corrected chi connectivity index (χ2v) is 3.58. The van der Waals surface area contributed by atoms with Gasteiger partial charge in [-0.3, -0.25) is 9.59 Å². The molecule has 3 unspecified atom stereocenters. The Labute approximate surface area is 103 Å².